The number of nitrogens with zero attached hydrogens (tertiary/aromatic N) is 1. The number of hydrogen-bond donors (Lipinski definition) is 1. The third-order valence-corrected chi connectivity index (χ3v) is 4.63. The topological polar surface area (TPSA) is 46.3 Å². The van der Waals surface area contributed by atoms with Crippen LogP contribution in [0.2, 0.25) is 0 Å². The zero-order valence-electron chi connectivity index (χ0n) is 11.6. The van der Waals surface area contributed by atoms with Gasteiger partial charge in [-0.05, 0) is 54.8 Å². The lowest BCUT2D eigenvalue weighted by atomic mass is 9.97. The van der Waals surface area contributed by atoms with E-state index in [0.29, 0.717) is 12.5 Å². The number of aryl methyl sites for hydroxylation is 2. The molecule has 2 atom stereocenters. The Morgan fingerprint density at radius 2 is 2.16 bits per heavy atom. The summed E-state index contributed by atoms with van der Waals surface area (Å²) in [4.78, 5) is 13.8. The Morgan fingerprint density at radius 3 is 2.89 bits per heavy atom. The van der Waals surface area contributed by atoms with Crippen LogP contribution in [0, 0.1) is 5.92 Å². The van der Waals surface area contributed by atoms with Crippen molar-refractivity contribution in [2.75, 3.05) is 13.1 Å². The summed E-state index contributed by atoms with van der Waals surface area (Å²) in [5.74, 6) is 0.614. The molecule has 1 heterocycles. The fourth-order valence-electron chi connectivity index (χ4n) is 3.56. The number of carbonyl (C=O) groups excluding carboxylic acids is 1. The zero-order valence-corrected chi connectivity index (χ0v) is 11.6. The summed E-state index contributed by atoms with van der Waals surface area (Å²) in [5.41, 5.74) is 10.1. The number of benzene rings is 1. The third kappa shape index (κ3) is 2.27. The quantitative estimate of drug-likeness (QED) is 0.882. The van der Waals surface area contributed by atoms with Gasteiger partial charge in [0.1, 0.15) is 0 Å². The first-order valence-electron chi connectivity index (χ1n) is 7.28. The average molecular weight is 258 g/mol. The molecule has 2 N–H and O–H groups in total. The van der Waals surface area contributed by atoms with E-state index in [9.17, 15) is 4.79 Å². The van der Waals surface area contributed by atoms with Gasteiger partial charge in [0.2, 0.25) is 5.91 Å². The fraction of sp³-hybridized carbons (Fsp3) is 0.562. The Morgan fingerprint density at radius 1 is 1.37 bits per heavy atom. The maximum atomic E-state index is 11.8. The van der Waals surface area contributed by atoms with E-state index in [-0.39, 0.29) is 11.9 Å². The van der Waals surface area contributed by atoms with Gasteiger partial charge in [-0.25, -0.2) is 0 Å². The molecular formula is C16H22N2O. The van der Waals surface area contributed by atoms with Crippen molar-refractivity contribution in [3.63, 3.8) is 0 Å². The lowest BCUT2D eigenvalue weighted by molar-refractivity contribution is -0.129. The van der Waals surface area contributed by atoms with Crippen LogP contribution in [-0.2, 0) is 17.6 Å². The van der Waals surface area contributed by atoms with Crippen LogP contribution >= 0.6 is 0 Å². The first kappa shape index (κ1) is 12.7. The van der Waals surface area contributed by atoms with Crippen LogP contribution in [0.5, 0.6) is 0 Å². The molecule has 2 unspecified atom stereocenters. The first-order valence-corrected chi connectivity index (χ1v) is 7.28. The molecule has 1 aromatic carbocycles. The van der Waals surface area contributed by atoms with E-state index in [1.54, 1.807) is 6.92 Å². The second-order valence-electron chi connectivity index (χ2n) is 5.91. The molecule has 1 amide bonds. The highest BCUT2D eigenvalue weighted by molar-refractivity contribution is 5.74. The van der Waals surface area contributed by atoms with Crippen molar-refractivity contribution < 1.29 is 4.79 Å². The van der Waals surface area contributed by atoms with Crippen LogP contribution in [0.4, 0.5) is 0 Å². The van der Waals surface area contributed by atoms with E-state index >= 15 is 0 Å². The predicted molar refractivity (Wildman–Crippen MR) is 75.8 cm³/mol. The van der Waals surface area contributed by atoms with Gasteiger partial charge in [-0.1, -0.05) is 18.2 Å². The zero-order chi connectivity index (χ0) is 13.4. The number of nitrogens with two attached hydrogens (primary N) is 1. The number of likely N-dealkylation sites (tertiary alicyclic amines) is 1. The lowest BCUT2D eigenvalue weighted by Gasteiger charge is -2.24. The molecule has 0 saturated carbocycles. The number of fused-ring (bicyclic) bond motifs is 1. The molecule has 2 aliphatic rings. The van der Waals surface area contributed by atoms with Crippen LogP contribution in [0.3, 0.4) is 0 Å². The Kier molecular flexibility index (Phi) is 3.31. The number of carbonyl (C=O) groups is 1. The number of amides is 1. The highest BCUT2D eigenvalue weighted by Crippen LogP contribution is 2.36. The van der Waals surface area contributed by atoms with Crippen LogP contribution < -0.4 is 5.73 Å². The van der Waals surface area contributed by atoms with E-state index in [1.165, 1.54) is 36.0 Å². The van der Waals surface area contributed by atoms with Crippen LogP contribution in [0.25, 0.3) is 0 Å². The Labute approximate surface area is 114 Å². The highest BCUT2D eigenvalue weighted by Gasteiger charge is 2.34. The van der Waals surface area contributed by atoms with Crippen molar-refractivity contribution in [1.29, 1.82) is 0 Å². The minimum Gasteiger partial charge on any atom is -0.336 e. The molecule has 1 saturated heterocycles. The van der Waals surface area contributed by atoms with Gasteiger partial charge in [0.15, 0.2) is 0 Å². The third-order valence-electron chi connectivity index (χ3n) is 4.63. The van der Waals surface area contributed by atoms with Gasteiger partial charge in [-0.15, -0.1) is 0 Å². The Hall–Kier alpha value is -1.35. The van der Waals surface area contributed by atoms with Crippen molar-refractivity contribution in [1.82, 2.24) is 4.90 Å². The van der Waals surface area contributed by atoms with Crippen molar-refractivity contribution in [3.8, 4) is 0 Å². The number of rotatable bonds is 2. The van der Waals surface area contributed by atoms with Crippen molar-refractivity contribution in [2.24, 2.45) is 11.7 Å². The summed E-state index contributed by atoms with van der Waals surface area (Å²) in [6, 6.07) is 7.02. The van der Waals surface area contributed by atoms with E-state index in [1.807, 2.05) is 4.90 Å². The van der Waals surface area contributed by atoms with Gasteiger partial charge in [0, 0.05) is 13.5 Å². The summed E-state index contributed by atoms with van der Waals surface area (Å²) < 4.78 is 0. The smallest absolute Gasteiger partial charge is 0.219 e. The molecule has 1 aliphatic carbocycles. The van der Waals surface area contributed by atoms with E-state index in [0.717, 1.165) is 13.0 Å². The van der Waals surface area contributed by atoms with Crippen LogP contribution in [0.15, 0.2) is 18.2 Å². The van der Waals surface area contributed by atoms with Gasteiger partial charge in [0.05, 0.1) is 6.04 Å². The summed E-state index contributed by atoms with van der Waals surface area (Å²) in [6.45, 7) is 3.15. The molecule has 0 radical (unpaired) electrons. The van der Waals surface area contributed by atoms with Gasteiger partial charge in [-0.2, -0.15) is 0 Å². The Balaban J connectivity index is 1.89. The largest absolute Gasteiger partial charge is 0.336 e. The van der Waals surface area contributed by atoms with Gasteiger partial charge in [0.25, 0.3) is 0 Å². The van der Waals surface area contributed by atoms with Crippen molar-refractivity contribution in [3.05, 3.63) is 34.9 Å². The molecule has 3 nitrogen and oxygen atoms in total. The van der Waals surface area contributed by atoms with Crippen molar-refractivity contribution >= 4 is 5.91 Å². The van der Waals surface area contributed by atoms with Crippen LogP contribution in [-0.4, -0.2) is 23.9 Å². The Bertz CT molecular complexity index is 498. The molecule has 3 rings (SSSR count). The van der Waals surface area contributed by atoms with Gasteiger partial charge < -0.3 is 10.6 Å². The maximum Gasteiger partial charge on any atom is 0.219 e. The van der Waals surface area contributed by atoms with Gasteiger partial charge >= 0.3 is 0 Å². The summed E-state index contributed by atoms with van der Waals surface area (Å²) in [7, 11) is 0. The van der Waals surface area contributed by atoms with E-state index in [2.05, 4.69) is 18.2 Å². The summed E-state index contributed by atoms with van der Waals surface area (Å²) in [5, 5.41) is 0. The molecule has 0 aromatic heterocycles. The highest BCUT2D eigenvalue weighted by atomic mass is 16.2. The second kappa shape index (κ2) is 4.97. The minimum absolute atomic E-state index is 0.168. The molecule has 1 aliphatic heterocycles. The molecule has 0 bridgehead atoms. The monoisotopic (exact) mass is 258 g/mol. The standard InChI is InChI=1S/C16H22N2O/c1-11(19)18-10-12(9-17)7-16(18)15-6-5-13-3-2-4-14(13)8-15/h5-6,8,12,16H,2-4,7,9-10,17H2,1H3. The van der Waals surface area contributed by atoms with Gasteiger partial charge in [-0.3, -0.25) is 4.79 Å². The maximum absolute atomic E-state index is 11.8. The van der Waals surface area contributed by atoms with Crippen molar-refractivity contribution in [2.45, 2.75) is 38.6 Å². The van der Waals surface area contributed by atoms with E-state index < -0.39 is 0 Å². The molecular weight excluding hydrogens is 236 g/mol. The molecule has 3 heteroatoms. The average Bonchev–Trinajstić information content (AvgIpc) is 3.04. The minimum atomic E-state index is 0.168. The van der Waals surface area contributed by atoms with Crippen LogP contribution in [0.1, 0.15) is 42.5 Å². The molecule has 19 heavy (non-hydrogen) atoms. The van der Waals surface area contributed by atoms with E-state index in [4.69, 9.17) is 5.73 Å². The normalized spacial score (nSPS) is 25.7. The SMILES string of the molecule is CC(=O)N1CC(CN)CC1c1ccc2c(c1)CCC2. The molecule has 102 valence electrons. The first-order chi connectivity index (χ1) is 9.19. The second-order valence-corrected chi connectivity index (χ2v) is 5.91. The number of hydrogen-bond acceptors (Lipinski definition) is 2. The fourth-order valence-corrected chi connectivity index (χ4v) is 3.56. The summed E-state index contributed by atoms with van der Waals surface area (Å²) in [6.07, 6.45) is 4.68. The summed E-state index contributed by atoms with van der Waals surface area (Å²) >= 11 is 0. The molecule has 1 aromatic rings. The molecule has 1 fully saturated rings. The molecule has 0 spiro atoms. The lowest BCUT2D eigenvalue weighted by Crippen LogP contribution is -2.29. The predicted octanol–water partition coefficient (Wildman–Crippen LogP) is 2.04.